The van der Waals surface area contributed by atoms with E-state index in [0.717, 1.165) is 11.1 Å². The molecule has 7 heteroatoms. The molecule has 0 radical (unpaired) electrons. The number of rotatable bonds is 7. The third-order valence-electron chi connectivity index (χ3n) is 5.34. The molecule has 1 aliphatic heterocycles. The Labute approximate surface area is 196 Å². The lowest BCUT2D eigenvalue weighted by molar-refractivity contribution is 0.0459. The van der Waals surface area contributed by atoms with Gasteiger partial charge in [-0.2, -0.15) is 0 Å². The smallest absolute Gasteiger partial charge is 0.411 e. The largest absolute Gasteiger partial charge is 0.462 e. The van der Waals surface area contributed by atoms with E-state index in [0.29, 0.717) is 28.6 Å². The second-order valence-electron chi connectivity index (χ2n) is 7.45. The maximum atomic E-state index is 12.8. The van der Waals surface area contributed by atoms with E-state index in [1.165, 1.54) is 0 Å². The van der Waals surface area contributed by atoms with Gasteiger partial charge in [0, 0.05) is 13.0 Å². The van der Waals surface area contributed by atoms with Gasteiger partial charge in [0.25, 0.3) is 0 Å². The van der Waals surface area contributed by atoms with Crippen molar-refractivity contribution in [2.24, 2.45) is 0 Å². The summed E-state index contributed by atoms with van der Waals surface area (Å²) in [7, 11) is 0. The van der Waals surface area contributed by atoms with E-state index in [9.17, 15) is 9.59 Å². The zero-order valence-electron chi connectivity index (χ0n) is 17.1. The number of esters is 1. The van der Waals surface area contributed by atoms with Crippen molar-refractivity contribution < 1.29 is 19.1 Å². The summed E-state index contributed by atoms with van der Waals surface area (Å²) in [5.41, 5.74) is 2.20. The average molecular weight is 470 g/mol. The van der Waals surface area contributed by atoms with Crippen LogP contribution in [0.15, 0.2) is 78.9 Å². The van der Waals surface area contributed by atoms with Crippen molar-refractivity contribution in [1.82, 2.24) is 4.90 Å². The van der Waals surface area contributed by atoms with Crippen molar-refractivity contribution in [1.29, 1.82) is 0 Å². The minimum absolute atomic E-state index is 0.137. The number of hydrogen-bond donors (Lipinski definition) is 0. The number of halogens is 2. The number of cyclic esters (lactones) is 1. The lowest BCUT2D eigenvalue weighted by atomic mass is 9.99. The molecule has 164 valence electrons. The fourth-order valence-corrected chi connectivity index (χ4v) is 4.04. The van der Waals surface area contributed by atoms with Crippen LogP contribution in [-0.2, 0) is 16.0 Å². The van der Waals surface area contributed by atoms with Gasteiger partial charge in [-0.1, -0.05) is 77.8 Å². The third kappa shape index (κ3) is 5.06. The second-order valence-corrected chi connectivity index (χ2v) is 8.26. The fourth-order valence-electron chi connectivity index (χ4n) is 3.73. The first-order chi connectivity index (χ1) is 15.5. The topological polar surface area (TPSA) is 55.8 Å². The first kappa shape index (κ1) is 22.2. The van der Waals surface area contributed by atoms with Crippen LogP contribution in [0.25, 0.3) is 0 Å². The maximum absolute atomic E-state index is 12.8. The number of amides is 1. The highest BCUT2D eigenvalue weighted by atomic mass is 35.5. The Morgan fingerprint density at radius 2 is 1.62 bits per heavy atom. The maximum Gasteiger partial charge on any atom is 0.411 e. The Bertz CT molecular complexity index is 1090. The number of nitrogens with zero attached hydrogens (tertiary/aromatic N) is 1. The molecule has 1 amide bonds. The molecule has 4 rings (SSSR count). The highest BCUT2D eigenvalue weighted by molar-refractivity contribution is 6.42. The molecule has 32 heavy (non-hydrogen) atoms. The molecule has 1 fully saturated rings. The van der Waals surface area contributed by atoms with Crippen LogP contribution in [0.3, 0.4) is 0 Å². The number of carbonyl (C=O) groups excluding carboxylic acids is 2. The number of ether oxygens (including phenoxy) is 2. The molecule has 2 unspecified atom stereocenters. The van der Waals surface area contributed by atoms with Crippen molar-refractivity contribution in [2.45, 2.75) is 25.1 Å². The zero-order valence-corrected chi connectivity index (χ0v) is 18.6. The molecule has 0 bridgehead atoms. The Hall–Kier alpha value is -3.02. The lowest BCUT2D eigenvalue weighted by Crippen LogP contribution is -2.35. The van der Waals surface area contributed by atoms with Gasteiger partial charge in [0.1, 0.15) is 6.10 Å². The Kier molecular flexibility index (Phi) is 6.98. The Morgan fingerprint density at radius 3 is 2.31 bits per heavy atom. The molecule has 1 saturated heterocycles. The van der Waals surface area contributed by atoms with Crippen LogP contribution in [0.4, 0.5) is 4.79 Å². The van der Waals surface area contributed by atoms with Gasteiger partial charge in [0.15, 0.2) is 0 Å². The molecular formula is C25H21Cl2NO4. The van der Waals surface area contributed by atoms with Crippen LogP contribution in [0, 0.1) is 0 Å². The zero-order chi connectivity index (χ0) is 22.5. The van der Waals surface area contributed by atoms with Crippen LogP contribution in [0.5, 0.6) is 0 Å². The van der Waals surface area contributed by atoms with Crippen molar-refractivity contribution in [3.05, 3.63) is 106 Å². The van der Waals surface area contributed by atoms with Crippen LogP contribution in [-0.4, -0.2) is 29.6 Å². The van der Waals surface area contributed by atoms with Gasteiger partial charge in [-0.05, 0) is 35.4 Å². The predicted molar refractivity (Wildman–Crippen MR) is 123 cm³/mol. The number of benzene rings is 3. The molecule has 5 nitrogen and oxygen atoms in total. The summed E-state index contributed by atoms with van der Waals surface area (Å²) in [6.45, 7) is 0.521. The first-order valence-electron chi connectivity index (χ1n) is 10.2. The Balaban J connectivity index is 1.53. The van der Waals surface area contributed by atoms with E-state index in [-0.39, 0.29) is 12.6 Å². The molecule has 0 aliphatic carbocycles. The summed E-state index contributed by atoms with van der Waals surface area (Å²) in [4.78, 5) is 26.8. The summed E-state index contributed by atoms with van der Waals surface area (Å²) in [5, 5.41) is 0.810. The predicted octanol–water partition coefficient (Wildman–Crippen LogP) is 6.30. The lowest BCUT2D eigenvalue weighted by Gasteiger charge is -2.25. The molecule has 3 aromatic rings. The van der Waals surface area contributed by atoms with E-state index in [1.807, 2.05) is 36.4 Å². The van der Waals surface area contributed by atoms with E-state index in [1.54, 1.807) is 47.4 Å². The highest BCUT2D eigenvalue weighted by Gasteiger charge is 2.42. The average Bonchev–Trinajstić information content (AvgIpc) is 3.12. The summed E-state index contributed by atoms with van der Waals surface area (Å²) in [6.07, 6.45) is -0.581. The normalized spacial score (nSPS) is 17.8. The van der Waals surface area contributed by atoms with E-state index in [4.69, 9.17) is 32.7 Å². The minimum atomic E-state index is -0.559. The van der Waals surface area contributed by atoms with Crippen LogP contribution in [0.1, 0.15) is 34.0 Å². The van der Waals surface area contributed by atoms with E-state index in [2.05, 4.69) is 0 Å². The van der Waals surface area contributed by atoms with Gasteiger partial charge in [0.2, 0.25) is 0 Å². The number of hydrogen-bond acceptors (Lipinski definition) is 4. The standard InChI is InChI=1S/C25H21Cl2NO4/c26-20-12-11-19(15-21(20)27)23-22(13-14-31-24(29)18-9-5-2-6-10-18)28(25(30)32-23)16-17-7-3-1-4-8-17/h1-12,15,22-23H,13-14,16H2. The third-order valence-corrected chi connectivity index (χ3v) is 6.08. The van der Waals surface area contributed by atoms with E-state index >= 15 is 0 Å². The molecule has 3 aromatic carbocycles. The quantitative estimate of drug-likeness (QED) is 0.380. The molecular weight excluding hydrogens is 449 g/mol. The fraction of sp³-hybridized carbons (Fsp3) is 0.200. The summed E-state index contributed by atoms with van der Waals surface area (Å²) in [5.74, 6) is -0.406. The van der Waals surface area contributed by atoms with Crippen molar-refractivity contribution >= 4 is 35.3 Å². The van der Waals surface area contributed by atoms with Crippen molar-refractivity contribution in [2.75, 3.05) is 6.61 Å². The van der Waals surface area contributed by atoms with Gasteiger partial charge < -0.3 is 9.47 Å². The SMILES string of the molecule is O=C(OCCC1C(c2ccc(Cl)c(Cl)c2)OC(=O)N1Cc1ccccc1)c1ccccc1. The molecule has 1 heterocycles. The molecule has 2 atom stereocenters. The monoisotopic (exact) mass is 469 g/mol. The van der Waals surface area contributed by atoms with Crippen LogP contribution >= 0.6 is 23.2 Å². The molecule has 0 saturated carbocycles. The van der Waals surface area contributed by atoms with Gasteiger partial charge in [-0.15, -0.1) is 0 Å². The Morgan fingerprint density at radius 1 is 0.938 bits per heavy atom. The summed E-state index contributed by atoms with van der Waals surface area (Å²) in [6, 6.07) is 23.3. The minimum Gasteiger partial charge on any atom is -0.462 e. The van der Waals surface area contributed by atoms with Gasteiger partial charge >= 0.3 is 12.1 Å². The molecule has 1 aliphatic rings. The summed E-state index contributed by atoms with van der Waals surface area (Å²) >= 11 is 12.3. The van der Waals surface area contributed by atoms with Crippen molar-refractivity contribution in [3.63, 3.8) is 0 Å². The summed E-state index contributed by atoms with van der Waals surface area (Å²) < 4.78 is 11.2. The van der Waals surface area contributed by atoms with E-state index < -0.39 is 18.2 Å². The molecule has 0 N–H and O–H groups in total. The second kappa shape index (κ2) is 10.1. The van der Waals surface area contributed by atoms with Crippen molar-refractivity contribution in [3.8, 4) is 0 Å². The molecule has 0 aromatic heterocycles. The van der Waals surface area contributed by atoms with Gasteiger partial charge in [0.05, 0.1) is 28.3 Å². The first-order valence-corrected chi connectivity index (χ1v) is 11.0. The number of carbonyl (C=O) groups is 2. The highest BCUT2D eigenvalue weighted by Crippen LogP contribution is 2.37. The van der Waals surface area contributed by atoms with Gasteiger partial charge in [-0.25, -0.2) is 9.59 Å². The van der Waals surface area contributed by atoms with Crippen LogP contribution < -0.4 is 0 Å². The van der Waals surface area contributed by atoms with Crippen LogP contribution in [0.2, 0.25) is 10.0 Å². The molecule has 0 spiro atoms. The van der Waals surface area contributed by atoms with Gasteiger partial charge in [-0.3, -0.25) is 4.90 Å².